The largest absolute Gasteiger partial charge is 0.455 e. The molecule has 0 fully saturated rings. The summed E-state index contributed by atoms with van der Waals surface area (Å²) in [4.78, 5) is 31.8. The van der Waals surface area contributed by atoms with Gasteiger partial charge in [0.2, 0.25) is 5.91 Å². The van der Waals surface area contributed by atoms with Crippen molar-refractivity contribution < 1.29 is 9.53 Å². The second-order valence-corrected chi connectivity index (χ2v) is 7.47. The average Bonchev–Trinajstić information content (AvgIpc) is 2.70. The third-order valence-electron chi connectivity index (χ3n) is 4.18. The van der Waals surface area contributed by atoms with Gasteiger partial charge >= 0.3 is 0 Å². The van der Waals surface area contributed by atoms with E-state index in [0.717, 1.165) is 0 Å². The summed E-state index contributed by atoms with van der Waals surface area (Å²) in [5.41, 5.74) is 1.38. The van der Waals surface area contributed by atoms with Gasteiger partial charge in [-0.25, -0.2) is 4.98 Å². The Balaban J connectivity index is 1.71. The zero-order valence-corrected chi connectivity index (χ0v) is 17.6. The third kappa shape index (κ3) is 5.62. The Hall–Kier alpha value is -2.77. The maximum absolute atomic E-state index is 12.5. The first-order valence-corrected chi connectivity index (χ1v) is 10.5. The van der Waals surface area contributed by atoms with Crippen LogP contribution < -0.4 is 15.6 Å². The quantitative estimate of drug-likeness (QED) is 0.415. The molecule has 0 atom stereocenters. The Labute approximate surface area is 177 Å². The van der Waals surface area contributed by atoms with Gasteiger partial charge in [0.25, 0.3) is 5.56 Å². The van der Waals surface area contributed by atoms with E-state index in [1.807, 2.05) is 36.6 Å². The van der Waals surface area contributed by atoms with Gasteiger partial charge < -0.3 is 15.0 Å². The topological polar surface area (TPSA) is 84.1 Å². The fraction of sp³-hybridized carbons (Fsp3) is 0.190. The van der Waals surface area contributed by atoms with Crippen LogP contribution in [-0.4, -0.2) is 22.1 Å². The van der Waals surface area contributed by atoms with Gasteiger partial charge in [-0.15, -0.1) is 0 Å². The zero-order valence-electron chi connectivity index (χ0n) is 16.0. The van der Waals surface area contributed by atoms with Crippen LogP contribution in [0.15, 0.2) is 58.5 Å². The van der Waals surface area contributed by atoms with Crippen LogP contribution in [0, 0.1) is 6.92 Å². The molecule has 0 aliphatic carbocycles. The second kappa shape index (κ2) is 9.62. The van der Waals surface area contributed by atoms with E-state index >= 15 is 0 Å². The average molecular weight is 430 g/mol. The van der Waals surface area contributed by atoms with E-state index in [1.165, 1.54) is 11.8 Å². The number of rotatable bonds is 7. The maximum Gasteiger partial charge on any atom is 0.254 e. The number of nitrogens with zero attached hydrogens (tertiary/aromatic N) is 1. The van der Waals surface area contributed by atoms with Crippen LogP contribution >= 0.6 is 23.4 Å². The number of thioether (sulfide) groups is 1. The lowest BCUT2D eigenvalue weighted by molar-refractivity contribution is -0.116. The minimum atomic E-state index is -0.252. The molecule has 0 radical (unpaired) electrons. The molecule has 150 valence electrons. The first kappa shape index (κ1) is 21.0. The molecule has 0 aliphatic rings. The predicted octanol–water partition coefficient (Wildman–Crippen LogP) is 4.82. The molecule has 0 aliphatic heterocycles. The van der Waals surface area contributed by atoms with Crippen molar-refractivity contribution in [3.63, 3.8) is 0 Å². The number of aromatic nitrogens is 2. The standard InChI is InChI=1S/C21H20ClN3O3S/c1-13-16(20(27)25-21(23-13)29-2)9-11-19(26)24-17-12-14(22)8-10-18(17)28-15-6-4-3-5-7-15/h3-8,10,12H,9,11H2,1-2H3,(H,24,26)(H,23,25,27). The number of aromatic amines is 1. The van der Waals surface area contributed by atoms with E-state index in [2.05, 4.69) is 15.3 Å². The van der Waals surface area contributed by atoms with E-state index in [4.69, 9.17) is 16.3 Å². The predicted molar refractivity (Wildman–Crippen MR) is 116 cm³/mol. The van der Waals surface area contributed by atoms with Crippen LogP contribution in [0.3, 0.4) is 0 Å². The van der Waals surface area contributed by atoms with Gasteiger partial charge in [0.1, 0.15) is 5.75 Å². The Kier molecular flexibility index (Phi) is 6.95. The second-order valence-electron chi connectivity index (χ2n) is 6.24. The number of benzene rings is 2. The SMILES string of the molecule is CSc1nc(C)c(CCC(=O)Nc2cc(Cl)ccc2Oc2ccccc2)c(=O)[nH]1. The molecule has 1 amide bonds. The van der Waals surface area contributed by atoms with E-state index in [1.54, 1.807) is 25.1 Å². The monoisotopic (exact) mass is 429 g/mol. The fourth-order valence-corrected chi connectivity index (χ4v) is 3.33. The number of aryl methyl sites for hydroxylation is 1. The molecular weight excluding hydrogens is 410 g/mol. The van der Waals surface area contributed by atoms with E-state index in [9.17, 15) is 9.59 Å². The summed E-state index contributed by atoms with van der Waals surface area (Å²) >= 11 is 7.45. The summed E-state index contributed by atoms with van der Waals surface area (Å²) in [5, 5.41) is 3.85. The molecule has 29 heavy (non-hydrogen) atoms. The van der Waals surface area contributed by atoms with Crippen molar-refractivity contribution in [3.8, 4) is 11.5 Å². The smallest absolute Gasteiger partial charge is 0.254 e. The molecule has 6 nitrogen and oxygen atoms in total. The van der Waals surface area contributed by atoms with Crippen molar-refractivity contribution in [1.82, 2.24) is 9.97 Å². The number of hydrogen-bond donors (Lipinski definition) is 2. The summed E-state index contributed by atoms with van der Waals surface area (Å²) in [6, 6.07) is 14.3. The molecule has 1 heterocycles. The van der Waals surface area contributed by atoms with Gasteiger partial charge in [0.15, 0.2) is 10.9 Å². The summed E-state index contributed by atoms with van der Waals surface area (Å²) in [5.74, 6) is 0.874. The third-order valence-corrected chi connectivity index (χ3v) is 5.00. The highest BCUT2D eigenvalue weighted by atomic mass is 35.5. The van der Waals surface area contributed by atoms with Crippen molar-refractivity contribution in [1.29, 1.82) is 0 Å². The van der Waals surface area contributed by atoms with Crippen molar-refractivity contribution in [3.05, 3.63) is 75.2 Å². The number of halogens is 1. The number of H-pyrrole nitrogens is 1. The first-order chi connectivity index (χ1) is 14.0. The van der Waals surface area contributed by atoms with Crippen LogP contribution in [-0.2, 0) is 11.2 Å². The molecule has 0 saturated heterocycles. The molecule has 0 saturated carbocycles. The Morgan fingerprint density at radius 3 is 2.69 bits per heavy atom. The summed E-state index contributed by atoms with van der Waals surface area (Å²) in [6.07, 6.45) is 2.25. The highest BCUT2D eigenvalue weighted by Crippen LogP contribution is 2.32. The van der Waals surface area contributed by atoms with Crippen LogP contribution in [0.4, 0.5) is 5.69 Å². The lowest BCUT2D eigenvalue weighted by Gasteiger charge is -2.13. The molecule has 0 bridgehead atoms. The molecule has 2 aromatic carbocycles. The van der Waals surface area contributed by atoms with Crippen molar-refractivity contribution >= 4 is 35.0 Å². The lowest BCUT2D eigenvalue weighted by Crippen LogP contribution is -2.20. The highest BCUT2D eigenvalue weighted by Gasteiger charge is 2.13. The number of nitrogens with one attached hydrogen (secondary N) is 2. The molecule has 8 heteroatoms. The Bertz CT molecular complexity index is 1070. The number of anilines is 1. The van der Waals surface area contributed by atoms with Crippen LogP contribution in [0.5, 0.6) is 11.5 Å². The number of hydrogen-bond acceptors (Lipinski definition) is 5. The van der Waals surface area contributed by atoms with Crippen molar-refractivity contribution in [2.24, 2.45) is 0 Å². The van der Waals surface area contributed by atoms with Gasteiger partial charge in [-0.05, 0) is 49.9 Å². The highest BCUT2D eigenvalue weighted by molar-refractivity contribution is 7.98. The summed E-state index contributed by atoms with van der Waals surface area (Å²) in [6.45, 7) is 1.77. The molecule has 0 spiro atoms. The molecular formula is C21H20ClN3O3S. The molecule has 1 aromatic heterocycles. The Morgan fingerprint density at radius 1 is 1.24 bits per heavy atom. The van der Waals surface area contributed by atoms with Gasteiger partial charge in [-0.2, -0.15) is 0 Å². The lowest BCUT2D eigenvalue weighted by atomic mass is 10.1. The summed E-state index contributed by atoms with van der Waals surface area (Å²) in [7, 11) is 0. The Morgan fingerprint density at radius 2 is 2.00 bits per heavy atom. The molecule has 3 aromatic rings. The number of carbonyl (C=O) groups is 1. The van der Waals surface area contributed by atoms with Gasteiger partial charge in [0.05, 0.1) is 5.69 Å². The zero-order chi connectivity index (χ0) is 20.8. The number of amides is 1. The van der Waals surface area contributed by atoms with E-state index in [0.29, 0.717) is 38.6 Å². The minimum Gasteiger partial charge on any atom is -0.455 e. The number of ether oxygens (including phenoxy) is 1. The summed E-state index contributed by atoms with van der Waals surface area (Å²) < 4.78 is 5.85. The molecule has 2 N–H and O–H groups in total. The number of carbonyl (C=O) groups excluding carboxylic acids is 1. The van der Waals surface area contributed by atoms with Crippen molar-refractivity contribution in [2.75, 3.05) is 11.6 Å². The molecule has 0 unspecified atom stereocenters. The van der Waals surface area contributed by atoms with Crippen LogP contribution in [0.25, 0.3) is 0 Å². The fourth-order valence-electron chi connectivity index (χ4n) is 2.73. The van der Waals surface area contributed by atoms with Crippen molar-refractivity contribution in [2.45, 2.75) is 24.9 Å². The molecule has 3 rings (SSSR count). The van der Waals surface area contributed by atoms with Gasteiger partial charge in [0, 0.05) is 22.7 Å². The van der Waals surface area contributed by atoms with Crippen LogP contribution in [0.2, 0.25) is 5.02 Å². The van der Waals surface area contributed by atoms with Crippen LogP contribution in [0.1, 0.15) is 17.7 Å². The number of para-hydroxylation sites is 1. The van der Waals surface area contributed by atoms with Gasteiger partial charge in [-0.1, -0.05) is 41.6 Å². The van der Waals surface area contributed by atoms with Gasteiger partial charge in [-0.3, -0.25) is 9.59 Å². The normalized spacial score (nSPS) is 10.6. The first-order valence-electron chi connectivity index (χ1n) is 8.92. The van der Waals surface area contributed by atoms with E-state index < -0.39 is 0 Å². The minimum absolute atomic E-state index is 0.126. The van der Waals surface area contributed by atoms with E-state index in [-0.39, 0.29) is 24.3 Å². The maximum atomic E-state index is 12.5.